The molecule has 2 aromatic rings. The number of hydrogen-bond donors (Lipinski definition) is 1. The van der Waals surface area contributed by atoms with Crippen LogP contribution < -0.4 is 5.32 Å². The molecule has 1 N–H and O–H groups in total. The number of nitrogens with one attached hydrogen (secondary N) is 1. The Morgan fingerprint density at radius 2 is 1.65 bits per heavy atom. The van der Waals surface area contributed by atoms with Crippen molar-refractivity contribution in [1.29, 1.82) is 0 Å². The lowest BCUT2D eigenvalue weighted by Gasteiger charge is -2.33. The normalized spacial score (nSPS) is 14.6. The van der Waals surface area contributed by atoms with Crippen molar-refractivity contribution in [2.75, 3.05) is 38.0 Å². The molecule has 0 bridgehead atoms. The molecule has 8 heteroatoms. The largest absolute Gasteiger partial charge is 0.337 e. The van der Waals surface area contributed by atoms with E-state index in [1.807, 2.05) is 36.9 Å². The third-order valence-electron chi connectivity index (χ3n) is 5.32. The predicted octanol–water partition coefficient (Wildman–Crippen LogP) is 3.01. The summed E-state index contributed by atoms with van der Waals surface area (Å²) in [6.45, 7) is 6.55. The van der Waals surface area contributed by atoms with E-state index in [-0.39, 0.29) is 24.0 Å². The van der Waals surface area contributed by atoms with E-state index >= 15 is 0 Å². The van der Waals surface area contributed by atoms with Crippen molar-refractivity contribution in [2.45, 2.75) is 13.8 Å². The van der Waals surface area contributed by atoms with E-state index in [1.54, 1.807) is 23.1 Å². The summed E-state index contributed by atoms with van der Waals surface area (Å²) >= 11 is 0. The first kappa shape index (κ1) is 22.2. The summed E-state index contributed by atoms with van der Waals surface area (Å²) in [6.07, 6.45) is 3.13. The second kappa shape index (κ2) is 9.99. The van der Waals surface area contributed by atoms with Gasteiger partial charge >= 0.3 is 0 Å². The molecule has 1 heterocycles. The number of non-ortho nitro benzene ring substituents is 1. The summed E-state index contributed by atoms with van der Waals surface area (Å²) in [6, 6.07) is 11.9. The Bertz CT molecular complexity index is 973. The maximum atomic E-state index is 12.4. The Kier molecular flexibility index (Phi) is 7.15. The van der Waals surface area contributed by atoms with Crippen LogP contribution in [0.3, 0.4) is 0 Å². The van der Waals surface area contributed by atoms with Crippen LogP contribution in [0.4, 0.5) is 11.4 Å². The van der Waals surface area contributed by atoms with Gasteiger partial charge in [-0.05, 0) is 48.7 Å². The van der Waals surface area contributed by atoms with Gasteiger partial charge in [-0.3, -0.25) is 24.6 Å². The average Bonchev–Trinajstić information content (AvgIpc) is 2.75. The second-order valence-corrected chi connectivity index (χ2v) is 7.60. The minimum absolute atomic E-state index is 0.0150. The highest BCUT2D eigenvalue weighted by Gasteiger charge is 2.21. The highest BCUT2D eigenvalue weighted by Crippen LogP contribution is 2.19. The van der Waals surface area contributed by atoms with Crippen LogP contribution in [-0.2, 0) is 9.59 Å². The number of anilines is 1. The Hall–Kier alpha value is -3.52. The van der Waals surface area contributed by atoms with Gasteiger partial charge in [0.15, 0.2) is 0 Å². The molecule has 8 nitrogen and oxygen atoms in total. The average molecular weight is 422 g/mol. The number of rotatable bonds is 6. The van der Waals surface area contributed by atoms with Crippen LogP contribution in [0.5, 0.6) is 0 Å². The van der Waals surface area contributed by atoms with Crippen LogP contribution in [-0.4, -0.2) is 59.3 Å². The van der Waals surface area contributed by atoms with Crippen molar-refractivity contribution >= 4 is 29.3 Å². The van der Waals surface area contributed by atoms with Gasteiger partial charge in [-0.2, -0.15) is 0 Å². The van der Waals surface area contributed by atoms with E-state index in [2.05, 4.69) is 5.32 Å². The lowest BCUT2D eigenvalue weighted by Crippen LogP contribution is -2.50. The van der Waals surface area contributed by atoms with Crippen molar-refractivity contribution < 1.29 is 14.5 Å². The maximum absolute atomic E-state index is 12.4. The van der Waals surface area contributed by atoms with E-state index in [4.69, 9.17) is 0 Å². The molecular formula is C23H26N4O4. The predicted molar refractivity (Wildman–Crippen MR) is 120 cm³/mol. The highest BCUT2D eigenvalue weighted by atomic mass is 16.6. The number of para-hydroxylation sites is 1. The molecule has 31 heavy (non-hydrogen) atoms. The summed E-state index contributed by atoms with van der Waals surface area (Å²) < 4.78 is 0. The third-order valence-corrected chi connectivity index (χ3v) is 5.32. The van der Waals surface area contributed by atoms with Crippen molar-refractivity contribution in [3.05, 3.63) is 75.3 Å². The summed E-state index contributed by atoms with van der Waals surface area (Å²) in [7, 11) is 0. The van der Waals surface area contributed by atoms with Gasteiger partial charge in [-0.1, -0.05) is 18.2 Å². The fourth-order valence-electron chi connectivity index (χ4n) is 3.50. The zero-order chi connectivity index (χ0) is 22.4. The van der Waals surface area contributed by atoms with E-state index in [9.17, 15) is 19.7 Å². The number of piperazine rings is 1. The number of aryl methyl sites for hydroxylation is 2. The third kappa shape index (κ3) is 5.99. The first-order chi connectivity index (χ1) is 14.8. The lowest BCUT2D eigenvalue weighted by atomic mass is 10.1. The zero-order valence-corrected chi connectivity index (χ0v) is 17.7. The summed E-state index contributed by atoms with van der Waals surface area (Å²) in [5.74, 6) is -0.173. The van der Waals surface area contributed by atoms with Gasteiger partial charge in [-0.25, -0.2) is 0 Å². The first-order valence-electron chi connectivity index (χ1n) is 10.1. The molecular weight excluding hydrogens is 396 g/mol. The van der Waals surface area contributed by atoms with Crippen LogP contribution in [0.2, 0.25) is 0 Å². The Morgan fingerprint density at radius 3 is 2.23 bits per heavy atom. The monoisotopic (exact) mass is 422 g/mol. The molecule has 2 aromatic carbocycles. The first-order valence-corrected chi connectivity index (χ1v) is 10.1. The molecule has 0 spiro atoms. The van der Waals surface area contributed by atoms with Gasteiger partial charge in [-0.15, -0.1) is 0 Å². The fraction of sp³-hybridized carbons (Fsp3) is 0.304. The molecule has 1 aliphatic rings. The maximum Gasteiger partial charge on any atom is 0.269 e. The molecule has 1 aliphatic heterocycles. The van der Waals surface area contributed by atoms with E-state index in [0.29, 0.717) is 26.2 Å². The molecule has 0 saturated carbocycles. The molecule has 0 radical (unpaired) electrons. The molecule has 1 saturated heterocycles. The number of nitrogens with zero attached hydrogens (tertiary/aromatic N) is 3. The van der Waals surface area contributed by atoms with Crippen molar-refractivity contribution in [2.24, 2.45) is 0 Å². The topological polar surface area (TPSA) is 95.8 Å². The van der Waals surface area contributed by atoms with Crippen molar-refractivity contribution in [3.63, 3.8) is 0 Å². The standard InChI is InChI=1S/C23H26N4O4/c1-17-4-3-5-18(2)23(17)24-21(28)16-25-12-14-26(15-13-25)22(29)11-8-19-6-9-20(10-7-19)27(30)31/h3-11H,12-16H2,1-2H3,(H,24,28)/b11-8+. The van der Waals surface area contributed by atoms with Gasteiger partial charge < -0.3 is 10.2 Å². The van der Waals surface area contributed by atoms with E-state index < -0.39 is 4.92 Å². The molecule has 1 fully saturated rings. The lowest BCUT2D eigenvalue weighted by molar-refractivity contribution is -0.384. The van der Waals surface area contributed by atoms with Crippen LogP contribution in [0.1, 0.15) is 16.7 Å². The summed E-state index contributed by atoms with van der Waals surface area (Å²) in [4.78, 5) is 38.9. The number of amides is 2. The number of hydrogen-bond acceptors (Lipinski definition) is 5. The molecule has 0 unspecified atom stereocenters. The zero-order valence-electron chi connectivity index (χ0n) is 17.7. The van der Waals surface area contributed by atoms with Crippen LogP contribution in [0.15, 0.2) is 48.5 Å². The molecule has 0 atom stereocenters. The van der Waals surface area contributed by atoms with E-state index in [1.165, 1.54) is 18.2 Å². The smallest absolute Gasteiger partial charge is 0.269 e. The SMILES string of the molecule is Cc1cccc(C)c1NC(=O)CN1CCN(C(=O)/C=C/c2ccc([N+](=O)[O-])cc2)CC1. The number of nitro groups is 1. The van der Waals surface area contributed by atoms with Crippen LogP contribution in [0, 0.1) is 24.0 Å². The molecule has 162 valence electrons. The molecule has 0 aliphatic carbocycles. The highest BCUT2D eigenvalue weighted by molar-refractivity contribution is 5.94. The van der Waals surface area contributed by atoms with Crippen molar-refractivity contribution in [3.8, 4) is 0 Å². The number of carbonyl (C=O) groups excluding carboxylic acids is 2. The second-order valence-electron chi connectivity index (χ2n) is 7.60. The quantitative estimate of drug-likeness (QED) is 0.439. The van der Waals surface area contributed by atoms with Crippen LogP contribution in [0.25, 0.3) is 6.08 Å². The minimum atomic E-state index is -0.458. The number of nitro benzene ring substituents is 1. The Balaban J connectivity index is 1.47. The van der Waals surface area contributed by atoms with Gasteiger partial charge in [0.1, 0.15) is 0 Å². The van der Waals surface area contributed by atoms with Gasteiger partial charge in [0.05, 0.1) is 11.5 Å². The minimum Gasteiger partial charge on any atom is -0.337 e. The fourth-order valence-corrected chi connectivity index (χ4v) is 3.50. The summed E-state index contributed by atoms with van der Waals surface area (Å²) in [5, 5.41) is 13.7. The summed E-state index contributed by atoms with van der Waals surface area (Å²) in [5.41, 5.74) is 3.66. The molecule has 0 aromatic heterocycles. The number of benzene rings is 2. The van der Waals surface area contributed by atoms with Crippen LogP contribution >= 0.6 is 0 Å². The Labute approximate surface area is 181 Å². The Morgan fingerprint density at radius 1 is 1.03 bits per heavy atom. The van der Waals surface area contributed by atoms with Gasteiger partial charge in [0, 0.05) is 50.1 Å². The van der Waals surface area contributed by atoms with E-state index in [0.717, 1.165) is 22.4 Å². The van der Waals surface area contributed by atoms with Gasteiger partial charge in [0.25, 0.3) is 5.69 Å². The number of carbonyl (C=O) groups is 2. The molecule has 3 rings (SSSR count). The molecule has 2 amide bonds. The van der Waals surface area contributed by atoms with Gasteiger partial charge in [0.2, 0.25) is 11.8 Å². The van der Waals surface area contributed by atoms with Crippen molar-refractivity contribution in [1.82, 2.24) is 9.80 Å².